The van der Waals surface area contributed by atoms with Gasteiger partial charge >= 0.3 is 0 Å². The van der Waals surface area contributed by atoms with E-state index in [1.807, 2.05) is 60.4 Å². The predicted molar refractivity (Wildman–Crippen MR) is 147 cm³/mol. The Hall–Kier alpha value is -3.97. The first kappa shape index (κ1) is 23.8. The Kier molecular flexibility index (Phi) is 6.57. The van der Waals surface area contributed by atoms with Crippen LogP contribution >= 0.6 is 12.2 Å². The highest BCUT2D eigenvalue weighted by atomic mass is 32.1. The van der Waals surface area contributed by atoms with Crippen molar-refractivity contribution in [2.24, 2.45) is 0 Å². The molecule has 0 spiro atoms. The normalized spacial score (nSPS) is 15.7. The molecule has 3 aromatic carbocycles. The Balaban J connectivity index is 1.64. The van der Waals surface area contributed by atoms with Crippen molar-refractivity contribution in [2.75, 3.05) is 12.0 Å². The number of ether oxygens (including phenoxy) is 1. The van der Waals surface area contributed by atoms with Crippen LogP contribution in [0.5, 0.6) is 5.75 Å². The molecule has 1 aromatic heterocycles. The third-order valence-electron chi connectivity index (χ3n) is 6.48. The van der Waals surface area contributed by atoms with Crippen LogP contribution in [0.3, 0.4) is 0 Å². The Morgan fingerprint density at radius 3 is 2.47 bits per heavy atom. The topological polar surface area (TPSA) is 63.4 Å². The van der Waals surface area contributed by atoms with E-state index >= 15 is 0 Å². The smallest absolute Gasteiger partial charge is 0.258 e. The zero-order chi connectivity index (χ0) is 25.2. The summed E-state index contributed by atoms with van der Waals surface area (Å²) in [6.07, 6.45) is 0.978. The summed E-state index contributed by atoms with van der Waals surface area (Å²) in [6.45, 7) is 6.23. The van der Waals surface area contributed by atoms with Crippen LogP contribution in [0.25, 0.3) is 17.0 Å². The van der Waals surface area contributed by atoms with Gasteiger partial charge in [0.15, 0.2) is 5.11 Å². The largest absolute Gasteiger partial charge is 0.497 e. The van der Waals surface area contributed by atoms with Gasteiger partial charge in [-0.3, -0.25) is 4.90 Å². The number of hydrogen-bond acceptors (Lipinski definition) is 5. The summed E-state index contributed by atoms with van der Waals surface area (Å²) < 4.78 is 11.3. The molecule has 1 unspecified atom stereocenters. The highest BCUT2D eigenvalue weighted by Gasteiger charge is 2.35. The molecular formula is C29H28N4O2S. The number of aromatic nitrogens is 2. The van der Waals surface area contributed by atoms with Gasteiger partial charge in [0.1, 0.15) is 5.75 Å². The first-order valence-corrected chi connectivity index (χ1v) is 12.3. The van der Waals surface area contributed by atoms with E-state index in [-0.39, 0.29) is 6.04 Å². The van der Waals surface area contributed by atoms with Gasteiger partial charge in [0.05, 0.1) is 24.4 Å². The van der Waals surface area contributed by atoms with Gasteiger partial charge in [-0.05, 0) is 55.7 Å². The van der Waals surface area contributed by atoms with Crippen LogP contribution < -0.4 is 15.0 Å². The quantitative estimate of drug-likeness (QED) is 0.306. The minimum Gasteiger partial charge on any atom is -0.497 e. The van der Waals surface area contributed by atoms with E-state index in [4.69, 9.17) is 26.5 Å². The number of anilines is 1. The van der Waals surface area contributed by atoms with E-state index in [0.717, 1.165) is 40.3 Å². The molecule has 0 fully saturated rings. The van der Waals surface area contributed by atoms with E-state index in [0.29, 0.717) is 16.8 Å². The van der Waals surface area contributed by atoms with E-state index in [2.05, 4.69) is 48.6 Å². The monoisotopic (exact) mass is 496 g/mol. The lowest BCUT2D eigenvalue weighted by Crippen LogP contribution is -2.46. The van der Waals surface area contributed by atoms with Crippen molar-refractivity contribution in [3.63, 3.8) is 0 Å². The molecule has 0 aliphatic carbocycles. The number of rotatable bonds is 6. The third kappa shape index (κ3) is 4.50. The number of allylic oxidation sites excluding steroid dienone is 1. The van der Waals surface area contributed by atoms with Crippen LogP contribution in [0.1, 0.15) is 42.5 Å². The number of nitrogens with one attached hydrogen (secondary N) is 1. The molecule has 1 atom stereocenters. The fourth-order valence-electron chi connectivity index (χ4n) is 4.43. The van der Waals surface area contributed by atoms with Crippen molar-refractivity contribution in [1.82, 2.24) is 15.5 Å². The van der Waals surface area contributed by atoms with Gasteiger partial charge in [-0.1, -0.05) is 72.2 Å². The lowest BCUT2D eigenvalue weighted by molar-refractivity contribution is 0.404. The van der Waals surface area contributed by atoms with Crippen molar-refractivity contribution in [3.05, 3.63) is 101 Å². The summed E-state index contributed by atoms with van der Waals surface area (Å²) in [7, 11) is 1.65. The molecule has 4 aromatic rings. The molecule has 6 nitrogen and oxygen atoms in total. The van der Waals surface area contributed by atoms with Gasteiger partial charge in [0, 0.05) is 17.3 Å². The molecule has 2 heterocycles. The molecule has 7 heteroatoms. The number of nitrogens with zero attached hydrogens (tertiary/aromatic N) is 3. The number of benzene rings is 3. The van der Waals surface area contributed by atoms with E-state index < -0.39 is 0 Å². The summed E-state index contributed by atoms with van der Waals surface area (Å²) in [5, 5.41) is 8.42. The van der Waals surface area contributed by atoms with Crippen LogP contribution in [-0.2, 0) is 6.42 Å². The first-order chi connectivity index (χ1) is 17.5. The number of thiocarbonyl (C=S) groups is 1. The highest BCUT2D eigenvalue weighted by molar-refractivity contribution is 7.80. The molecule has 182 valence electrons. The van der Waals surface area contributed by atoms with Gasteiger partial charge in [-0.25, -0.2) is 0 Å². The zero-order valence-corrected chi connectivity index (χ0v) is 21.6. The van der Waals surface area contributed by atoms with Crippen molar-refractivity contribution >= 4 is 28.6 Å². The standard InChI is InChI=1S/C29H28N4O2S/c1-5-20-11-15-21(16-12-20)26-25(28-31-27(32-35-28)22-13-9-18(2)10-14-22)19(3)33(29(36)30-26)23-7-6-8-24(17-23)34-4/h6-17,26H,5H2,1-4H3,(H,30,36). The van der Waals surface area contributed by atoms with Crippen LogP contribution in [-0.4, -0.2) is 22.4 Å². The van der Waals surface area contributed by atoms with Gasteiger partial charge < -0.3 is 14.6 Å². The highest BCUT2D eigenvalue weighted by Crippen LogP contribution is 2.39. The number of hydrogen-bond donors (Lipinski definition) is 1. The second-order valence-electron chi connectivity index (χ2n) is 8.80. The maximum Gasteiger partial charge on any atom is 0.258 e. The van der Waals surface area contributed by atoms with Crippen molar-refractivity contribution < 1.29 is 9.26 Å². The Labute approximate surface area is 216 Å². The summed E-state index contributed by atoms with van der Waals surface area (Å²) in [4.78, 5) is 6.80. The molecule has 1 aliphatic heterocycles. The number of methoxy groups -OCH3 is 1. The van der Waals surface area contributed by atoms with Crippen molar-refractivity contribution in [1.29, 1.82) is 0 Å². The molecule has 0 saturated heterocycles. The first-order valence-electron chi connectivity index (χ1n) is 11.9. The maximum atomic E-state index is 5.87. The summed E-state index contributed by atoms with van der Waals surface area (Å²) >= 11 is 5.86. The van der Waals surface area contributed by atoms with Crippen molar-refractivity contribution in [2.45, 2.75) is 33.2 Å². The van der Waals surface area contributed by atoms with Crippen LogP contribution in [0.2, 0.25) is 0 Å². The lowest BCUT2D eigenvalue weighted by atomic mass is 9.93. The van der Waals surface area contributed by atoms with Gasteiger partial charge in [-0.2, -0.15) is 4.98 Å². The Morgan fingerprint density at radius 1 is 1.03 bits per heavy atom. The van der Waals surface area contributed by atoms with E-state index in [1.54, 1.807) is 7.11 Å². The summed E-state index contributed by atoms with van der Waals surface area (Å²) in [5.41, 5.74) is 7.11. The molecule has 0 amide bonds. The van der Waals surface area contributed by atoms with Crippen LogP contribution in [0, 0.1) is 6.92 Å². The molecule has 5 rings (SSSR count). The van der Waals surface area contributed by atoms with Crippen molar-refractivity contribution in [3.8, 4) is 17.1 Å². The molecule has 1 N–H and O–H groups in total. The fraction of sp³-hybridized carbons (Fsp3) is 0.207. The molecule has 1 aliphatic rings. The molecule has 0 radical (unpaired) electrons. The number of aryl methyl sites for hydroxylation is 2. The zero-order valence-electron chi connectivity index (χ0n) is 20.8. The minimum absolute atomic E-state index is 0.239. The molecule has 0 bridgehead atoms. The Morgan fingerprint density at radius 2 is 1.78 bits per heavy atom. The second-order valence-corrected chi connectivity index (χ2v) is 9.19. The fourth-order valence-corrected chi connectivity index (χ4v) is 4.79. The maximum absolute atomic E-state index is 5.87. The second kappa shape index (κ2) is 9.95. The van der Waals surface area contributed by atoms with Gasteiger partial charge in [0.2, 0.25) is 5.82 Å². The molecule has 36 heavy (non-hydrogen) atoms. The third-order valence-corrected chi connectivity index (χ3v) is 6.78. The summed E-state index contributed by atoms with van der Waals surface area (Å²) in [5.74, 6) is 1.75. The van der Waals surface area contributed by atoms with Gasteiger partial charge in [0.25, 0.3) is 5.89 Å². The van der Waals surface area contributed by atoms with E-state index in [9.17, 15) is 0 Å². The van der Waals surface area contributed by atoms with Crippen LogP contribution in [0.4, 0.5) is 5.69 Å². The minimum atomic E-state index is -0.239. The van der Waals surface area contributed by atoms with E-state index in [1.165, 1.54) is 11.1 Å². The predicted octanol–water partition coefficient (Wildman–Crippen LogP) is 6.48. The summed E-state index contributed by atoms with van der Waals surface area (Å²) in [6, 6.07) is 24.2. The van der Waals surface area contributed by atoms with Crippen LogP contribution in [0.15, 0.2) is 83.0 Å². The average Bonchev–Trinajstić information content (AvgIpc) is 3.38. The SMILES string of the molecule is CCc1ccc(C2NC(=S)N(c3cccc(OC)c3)C(C)=C2c2nc(-c3ccc(C)cc3)no2)cc1. The molecular weight excluding hydrogens is 468 g/mol. The Bertz CT molecular complexity index is 1420. The van der Waals surface area contributed by atoms with Gasteiger partial charge in [-0.15, -0.1) is 0 Å². The molecule has 0 saturated carbocycles. The average molecular weight is 497 g/mol. The lowest BCUT2D eigenvalue weighted by Gasteiger charge is -2.37.